The van der Waals surface area contributed by atoms with Crippen molar-refractivity contribution in [2.75, 3.05) is 39.0 Å². The normalized spacial score (nSPS) is 18.3. The van der Waals surface area contributed by atoms with E-state index >= 15 is 0 Å². The molecule has 144 valence electrons. The smallest absolute Gasteiger partial charge is 0.179 e. The van der Waals surface area contributed by atoms with Crippen molar-refractivity contribution >= 4 is 22.2 Å². The second kappa shape index (κ2) is 8.85. The topological polar surface area (TPSA) is 76.5 Å². The minimum atomic E-state index is -3.36. The van der Waals surface area contributed by atoms with Crippen molar-refractivity contribution in [3.63, 3.8) is 0 Å². The number of methoxy groups -OCH3 is 1. The highest BCUT2D eigenvalue weighted by atomic mass is 35.5. The fourth-order valence-electron chi connectivity index (χ4n) is 3.12. The van der Waals surface area contributed by atoms with Crippen LogP contribution in [0.3, 0.4) is 0 Å². The van der Waals surface area contributed by atoms with E-state index in [9.17, 15) is 8.42 Å². The number of rotatable bonds is 6. The Kier molecular flexibility index (Phi) is 7.05. The van der Waals surface area contributed by atoms with E-state index in [-0.39, 0.29) is 24.2 Å². The van der Waals surface area contributed by atoms with Gasteiger partial charge in [0.25, 0.3) is 0 Å². The van der Waals surface area contributed by atoms with Gasteiger partial charge < -0.3 is 14.6 Å². The lowest BCUT2D eigenvalue weighted by atomic mass is 10.2. The van der Waals surface area contributed by atoms with Gasteiger partial charge in [0.1, 0.15) is 11.6 Å². The van der Waals surface area contributed by atoms with Gasteiger partial charge in [-0.3, -0.25) is 4.90 Å². The summed E-state index contributed by atoms with van der Waals surface area (Å²) in [6, 6.07) is 6.71. The molecule has 1 fully saturated rings. The van der Waals surface area contributed by atoms with Crippen molar-refractivity contribution in [3.8, 4) is 5.75 Å². The average molecular weight is 401 g/mol. The zero-order valence-corrected chi connectivity index (χ0v) is 16.6. The first-order valence-electron chi connectivity index (χ1n) is 8.30. The van der Waals surface area contributed by atoms with Crippen LogP contribution < -0.4 is 10.1 Å². The molecule has 0 aliphatic carbocycles. The van der Waals surface area contributed by atoms with Crippen molar-refractivity contribution < 1.29 is 13.2 Å². The number of sulfone groups is 1. The molecule has 3 rings (SSSR count). The third kappa shape index (κ3) is 4.56. The number of nitrogens with zero attached hydrogens (tertiary/aromatic N) is 3. The van der Waals surface area contributed by atoms with Crippen LogP contribution in [0.15, 0.2) is 41.6 Å². The van der Waals surface area contributed by atoms with Crippen LogP contribution in [0.4, 0.5) is 0 Å². The SMILES string of the molecule is COc1cccc(S(=O)(=O)CCN2CCNCC2c2nccn2C)c1.Cl. The maximum atomic E-state index is 12.7. The summed E-state index contributed by atoms with van der Waals surface area (Å²) in [5.41, 5.74) is 0. The summed E-state index contributed by atoms with van der Waals surface area (Å²) in [4.78, 5) is 6.92. The number of halogens is 1. The highest BCUT2D eigenvalue weighted by Crippen LogP contribution is 2.22. The lowest BCUT2D eigenvalue weighted by Crippen LogP contribution is -2.48. The Morgan fingerprint density at radius 2 is 2.19 bits per heavy atom. The van der Waals surface area contributed by atoms with E-state index in [1.165, 1.54) is 7.11 Å². The Hall–Kier alpha value is -1.61. The number of nitrogens with one attached hydrogen (secondary N) is 1. The Balaban J connectivity index is 0.00000243. The predicted octanol–water partition coefficient (Wildman–Crippen LogP) is 1.27. The number of piperazine rings is 1. The lowest BCUT2D eigenvalue weighted by Gasteiger charge is -2.35. The van der Waals surface area contributed by atoms with Gasteiger partial charge >= 0.3 is 0 Å². The van der Waals surface area contributed by atoms with Gasteiger partial charge in [-0.15, -0.1) is 12.4 Å². The largest absolute Gasteiger partial charge is 0.497 e. The highest BCUT2D eigenvalue weighted by Gasteiger charge is 2.28. The molecule has 2 aromatic rings. The van der Waals surface area contributed by atoms with E-state index in [4.69, 9.17) is 4.74 Å². The van der Waals surface area contributed by atoms with E-state index in [2.05, 4.69) is 15.2 Å². The molecule has 2 heterocycles. The Morgan fingerprint density at radius 1 is 1.38 bits per heavy atom. The van der Waals surface area contributed by atoms with Crippen LogP contribution in [0.5, 0.6) is 5.75 Å². The second-order valence-corrected chi connectivity index (χ2v) is 8.26. The van der Waals surface area contributed by atoms with Gasteiger partial charge in [0.15, 0.2) is 9.84 Å². The molecule has 1 aliphatic rings. The molecule has 0 amide bonds. The molecule has 0 saturated carbocycles. The standard InChI is InChI=1S/C17H24N4O3S.ClH/c1-20-8-7-19-17(20)16-13-18-6-9-21(16)10-11-25(22,23)15-5-3-4-14(12-15)24-2;/h3-5,7-8,12,16,18H,6,9-11,13H2,1-2H3;1H. The van der Waals surface area contributed by atoms with Crippen molar-refractivity contribution in [2.24, 2.45) is 7.05 Å². The molecule has 1 saturated heterocycles. The maximum absolute atomic E-state index is 12.7. The molecule has 1 aromatic carbocycles. The molecule has 1 aromatic heterocycles. The van der Waals surface area contributed by atoms with E-state index < -0.39 is 9.84 Å². The number of aryl methyl sites for hydroxylation is 1. The number of ether oxygens (including phenoxy) is 1. The van der Waals surface area contributed by atoms with Crippen molar-refractivity contribution in [1.82, 2.24) is 19.8 Å². The monoisotopic (exact) mass is 400 g/mol. The Morgan fingerprint density at radius 3 is 2.88 bits per heavy atom. The van der Waals surface area contributed by atoms with E-state index in [1.807, 2.05) is 17.8 Å². The molecule has 0 bridgehead atoms. The molecule has 1 N–H and O–H groups in total. The fraction of sp³-hybridized carbons (Fsp3) is 0.471. The van der Waals surface area contributed by atoms with Crippen molar-refractivity contribution in [3.05, 3.63) is 42.5 Å². The van der Waals surface area contributed by atoms with Gasteiger partial charge in [-0.25, -0.2) is 13.4 Å². The number of imidazole rings is 1. The van der Waals surface area contributed by atoms with Crippen LogP contribution in [-0.2, 0) is 16.9 Å². The maximum Gasteiger partial charge on any atom is 0.179 e. The quantitative estimate of drug-likeness (QED) is 0.787. The number of hydrogen-bond donors (Lipinski definition) is 1. The molecule has 7 nitrogen and oxygen atoms in total. The minimum Gasteiger partial charge on any atom is -0.497 e. The lowest BCUT2D eigenvalue weighted by molar-refractivity contribution is 0.162. The van der Waals surface area contributed by atoms with Gasteiger partial charge in [0.2, 0.25) is 0 Å². The molecular weight excluding hydrogens is 376 g/mol. The molecule has 0 spiro atoms. The number of aromatic nitrogens is 2. The molecule has 1 atom stereocenters. The highest BCUT2D eigenvalue weighted by molar-refractivity contribution is 7.91. The van der Waals surface area contributed by atoms with Gasteiger partial charge in [0, 0.05) is 45.6 Å². The Labute approximate surface area is 160 Å². The van der Waals surface area contributed by atoms with Gasteiger partial charge in [-0.05, 0) is 18.2 Å². The first-order valence-corrected chi connectivity index (χ1v) is 9.95. The van der Waals surface area contributed by atoms with Crippen molar-refractivity contribution in [1.29, 1.82) is 0 Å². The van der Waals surface area contributed by atoms with Crippen LogP contribution >= 0.6 is 12.4 Å². The van der Waals surface area contributed by atoms with Gasteiger partial charge in [0.05, 0.1) is 23.8 Å². The fourth-order valence-corrected chi connectivity index (χ4v) is 4.41. The second-order valence-electron chi connectivity index (χ2n) is 6.15. The predicted molar refractivity (Wildman–Crippen MR) is 103 cm³/mol. The van der Waals surface area contributed by atoms with Crippen LogP contribution in [0.2, 0.25) is 0 Å². The van der Waals surface area contributed by atoms with E-state index in [1.54, 1.807) is 30.5 Å². The van der Waals surface area contributed by atoms with E-state index in [0.29, 0.717) is 17.2 Å². The summed E-state index contributed by atoms with van der Waals surface area (Å²) in [7, 11) is 0.128. The summed E-state index contributed by atoms with van der Waals surface area (Å²) in [5, 5.41) is 3.36. The first-order chi connectivity index (χ1) is 12.0. The van der Waals surface area contributed by atoms with Crippen LogP contribution in [0.25, 0.3) is 0 Å². The molecule has 0 radical (unpaired) electrons. The summed E-state index contributed by atoms with van der Waals surface area (Å²) in [5.74, 6) is 1.57. The molecule has 1 aliphatic heterocycles. The first kappa shape index (κ1) is 20.7. The molecule has 26 heavy (non-hydrogen) atoms. The third-order valence-electron chi connectivity index (χ3n) is 4.56. The molecule has 1 unspecified atom stereocenters. The third-order valence-corrected chi connectivity index (χ3v) is 6.25. The summed E-state index contributed by atoms with van der Waals surface area (Å²) in [6.07, 6.45) is 3.68. The minimum absolute atomic E-state index is 0. The Bertz CT molecular complexity index is 825. The van der Waals surface area contributed by atoms with Gasteiger partial charge in [-0.1, -0.05) is 6.07 Å². The van der Waals surface area contributed by atoms with Crippen molar-refractivity contribution in [2.45, 2.75) is 10.9 Å². The number of benzene rings is 1. The zero-order chi connectivity index (χ0) is 17.9. The summed E-state index contributed by atoms with van der Waals surface area (Å²) in [6.45, 7) is 2.88. The van der Waals surface area contributed by atoms with E-state index in [0.717, 1.165) is 25.5 Å². The summed E-state index contributed by atoms with van der Waals surface area (Å²) < 4.78 is 32.5. The number of hydrogen-bond acceptors (Lipinski definition) is 6. The van der Waals surface area contributed by atoms with Crippen LogP contribution in [-0.4, -0.2) is 61.9 Å². The average Bonchev–Trinajstić information content (AvgIpc) is 3.06. The summed E-state index contributed by atoms with van der Waals surface area (Å²) >= 11 is 0. The zero-order valence-electron chi connectivity index (χ0n) is 15.0. The van der Waals surface area contributed by atoms with Gasteiger partial charge in [-0.2, -0.15) is 0 Å². The molecular formula is C17H25ClN4O3S. The van der Waals surface area contributed by atoms with Crippen LogP contribution in [0.1, 0.15) is 11.9 Å². The molecule has 9 heteroatoms. The van der Waals surface area contributed by atoms with Crippen LogP contribution in [0, 0.1) is 0 Å².